The van der Waals surface area contributed by atoms with E-state index in [1.165, 1.54) is 4.90 Å². The van der Waals surface area contributed by atoms with E-state index in [0.717, 1.165) is 5.56 Å². The summed E-state index contributed by atoms with van der Waals surface area (Å²) < 4.78 is 17.1. The van der Waals surface area contributed by atoms with Gasteiger partial charge in [-0.25, -0.2) is 0 Å². The predicted octanol–water partition coefficient (Wildman–Crippen LogP) is 4.02. The predicted molar refractivity (Wildman–Crippen MR) is 142 cm³/mol. The zero-order valence-electron chi connectivity index (χ0n) is 21.4. The van der Waals surface area contributed by atoms with Crippen molar-refractivity contribution in [2.24, 2.45) is 0 Å². The van der Waals surface area contributed by atoms with Crippen molar-refractivity contribution in [2.75, 3.05) is 40.4 Å². The lowest BCUT2D eigenvalue weighted by Crippen LogP contribution is -2.35. The van der Waals surface area contributed by atoms with Crippen LogP contribution < -0.4 is 14.2 Å². The maximum Gasteiger partial charge on any atom is 0.295 e. The Hall–Kier alpha value is -4.30. The summed E-state index contributed by atoms with van der Waals surface area (Å²) in [4.78, 5) is 29.9. The quantitative estimate of drug-likeness (QED) is 0.276. The number of aliphatic hydroxyl groups excluding tert-OH is 1. The number of rotatable bonds is 8. The largest absolute Gasteiger partial charge is 0.507 e. The van der Waals surface area contributed by atoms with Gasteiger partial charge in [-0.15, -0.1) is 0 Å². The van der Waals surface area contributed by atoms with Gasteiger partial charge in [0.1, 0.15) is 31.3 Å². The van der Waals surface area contributed by atoms with Crippen LogP contribution in [0, 0.1) is 0 Å². The molecule has 2 aliphatic heterocycles. The Morgan fingerprint density at radius 3 is 2.39 bits per heavy atom. The fourth-order valence-electron chi connectivity index (χ4n) is 4.60. The highest BCUT2D eigenvalue weighted by atomic mass is 16.6. The number of benzene rings is 3. The molecule has 2 heterocycles. The van der Waals surface area contributed by atoms with Crippen LogP contribution in [0.15, 0.2) is 78.4 Å². The molecular formula is C30H30N2O6. The van der Waals surface area contributed by atoms with E-state index in [-0.39, 0.29) is 11.3 Å². The van der Waals surface area contributed by atoms with Gasteiger partial charge in [-0.3, -0.25) is 9.59 Å². The van der Waals surface area contributed by atoms with Gasteiger partial charge in [0.15, 0.2) is 11.5 Å². The average molecular weight is 515 g/mol. The number of hydrogen-bond donors (Lipinski definition) is 1. The Kier molecular flexibility index (Phi) is 7.33. The molecule has 1 saturated heterocycles. The van der Waals surface area contributed by atoms with Crippen LogP contribution in [0.4, 0.5) is 0 Å². The van der Waals surface area contributed by atoms with E-state index in [2.05, 4.69) is 0 Å². The minimum Gasteiger partial charge on any atom is -0.507 e. The highest BCUT2D eigenvalue weighted by Crippen LogP contribution is 2.41. The number of carbonyl (C=O) groups excluding carboxylic acids is 2. The topological polar surface area (TPSA) is 88.5 Å². The van der Waals surface area contributed by atoms with Gasteiger partial charge in [-0.2, -0.15) is 0 Å². The summed E-state index contributed by atoms with van der Waals surface area (Å²) in [5.41, 5.74) is 2.18. The number of fused-ring (bicyclic) bond motifs is 1. The van der Waals surface area contributed by atoms with E-state index < -0.39 is 17.7 Å². The van der Waals surface area contributed by atoms with E-state index in [1.807, 2.05) is 73.6 Å². The molecule has 1 unspecified atom stereocenters. The number of nitrogens with zero attached hydrogens (tertiary/aromatic N) is 2. The van der Waals surface area contributed by atoms with Gasteiger partial charge in [0.2, 0.25) is 0 Å². The van der Waals surface area contributed by atoms with Crippen LogP contribution in [0.5, 0.6) is 17.2 Å². The van der Waals surface area contributed by atoms with E-state index in [1.54, 1.807) is 18.2 Å². The summed E-state index contributed by atoms with van der Waals surface area (Å²) in [7, 11) is 3.80. The van der Waals surface area contributed by atoms with Crippen LogP contribution in [0.25, 0.3) is 5.76 Å². The first-order chi connectivity index (χ1) is 18.4. The molecule has 8 nitrogen and oxygen atoms in total. The maximum atomic E-state index is 13.3. The average Bonchev–Trinajstić information content (AvgIpc) is 3.20. The Labute approximate surface area is 221 Å². The lowest BCUT2D eigenvalue weighted by Gasteiger charge is -2.27. The molecule has 1 N–H and O–H groups in total. The minimum absolute atomic E-state index is 0.0448. The number of carbonyl (C=O) groups is 2. The zero-order valence-corrected chi connectivity index (χ0v) is 21.4. The van der Waals surface area contributed by atoms with E-state index in [9.17, 15) is 14.7 Å². The summed E-state index contributed by atoms with van der Waals surface area (Å²) in [5, 5.41) is 11.4. The van der Waals surface area contributed by atoms with Crippen molar-refractivity contribution in [3.05, 3.63) is 95.1 Å². The van der Waals surface area contributed by atoms with Crippen molar-refractivity contribution < 1.29 is 28.9 Å². The second-order valence-corrected chi connectivity index (χ2v) is 9.50. The molecule has 1 fully saturated rings. The smallest absolute Gasteiger partial charge is 0.295 e. The zero-order chi connectivity index (χ0) is 26.6. The molecule has 8 heteroatoms. The summed E-state index contributed by atoms with van der Waals surface area (Å²) in [6, 6.07) is 21.4. The number of likely N-dealkylation sites (tertiary alicyclic amines) is 1. The Morgan fingerprint density at radius 1 is 0.974 bits per heavy atom. The highest BCUT2D eigenvalue weighted by molar-refractivity contribution is 6.46. The van der Waals surface area contributed by atoms with Crippen LogP contribution in [-0.4, -0.2) is 67.0 Å². The molecule has 38 heavy (non-hydrogen) atoms. The Bertz CT molecular complexity index is 1350. The maximum absolute atomic E-state index is 13.3. The molecular weight excluding hydrogens is 484 g/mol. The number of aliphatic hydroxyl groups is 1. The molecule has 3 aromatic rings. The van der Waals surface area contributed by atoms with Crippen molar-refractivity contribution >= 4 is 17.4 Å². The molecule has 1 atom stereocenters. The summed E-state index contributed by atoms with van der Waals surface area (Å²) in [6.45, 7) is 2.15. The number of Topliss-reactive ketones (excluding diaryl/α,β-unsaturated/α-hetero) is 1. The fourth-order valence-corrected chi connectivity index (χ4v) is 4.60. The first-order valence-corrected chi connectivity index (χ1v) is 12.5. The Balaban J connectivity index is 1.49. The molecule has 2 aliphatic rings. The van der Waals surface area contributed by atoms with Crippen LogP contribution in [0.3, 0.4) is 0 Å². The molecule has 0 aliphatic carbocycles. The van der Waals surface area contributed by atoms with Gasteiger partial charge < -0.3 is 29.1 Å². The molecule has 5 rings (SSSR count). The van der Waals surface area contributed by atoms with Crippen molar-refractivity contribution in [3.8, 4) is 17.2 Å². The molecule has 0 spiro atoms. The first kappa shape index (κ1) is 25.4. The molecule has 0 saturated carbocycles. The molecule has 0 aromatic heterocycles. The number of amides is 1. The number of likely N-dealkylation sites (N-methyl/N-ethyl adjacent to an activating group) is 1. The van der Waals surface area contributed by atoms with Gasteiger partial charge in [0.25, 0.3) is 11.7 Å². The van der Waals surface area contributed by atoms with Crippen molar-refractivity contribution in [2.45, 2.75) is 12.6 Å². The third-order valence-corrected chi connectivity index (χ3v) is 6.59. The monoisotopic (exact) mass is 514 g/mol. The normalized spacial score (nSPS) is 18.2. The van der Waals surface area contributed by atoms with Crippen molar-refractivity contribution in [3.63, 3.8) is 0 Å². The molecule has 1 amide bonds. The van der Waals surface area contributed by atoms with Crippen LogP contribution >= 0.6 is 0 Å². The SMILES string of the molecule is CN(C)CCN1C(=O)C(=O)/C(=C(/O)c2ccc3c(c2)OCCO3)C1c1ccc(OCc2ccccc2)cc1. The molecule has 3 aromatic carbocycles. The first-order valence-electron chi connectivity index (χ1n) is 12.5. The molecule has 0 bridgehead atoms. The van der Waals surface area contributed by atoms with Gasteiger partial charge in [0.05, 0.1) is 11.6 Å². The second-order valence-electron chi connectivity index (χ2n) is 9.50. The summed E-state index contributed by atoms with van der Waals surface area (Å²) in [5.74, 6) is 0.114. The van der Waals surface area contributed by atoms with Gasteiger partial charge >= 0.3 is 0 Å². The second kappa shape index (κ2) is 11.0. The van der Waals surface area contributed by atoms with Gasteiger partial charge in [-0.05, 0) is 55.6 Å². The highest BCUT2D eigenvalue weighted by Gasteiger charge is 2.46. The number of hydrogen-bond acceptors (Lipinski definition) is 7. The van der Waals surface area contributed by atoms with E-state index >= 15 is 0 Å². The fraction of sp³-hybridized carbons (Fsp3) is 0.267. The minimum atomic E-state index is -0.744. The number of ether oxygens (including phenoxy) is 3. The van der Waals surface area contributed by atoms with E-state index in [0.29, 0.717) is 61.3 Å². The number of ketones is 1. The lowest BCUT2D eigenvalue weighted by atomic mass is 9.95. The standard InChI is InChI=1S/C30H30N2O6/c1-31(2)14-15-32-27(21-8-11-23(12-9-21)38-19-20-6-4-3-5-7-20)26(29(34)30(32)35)28(33)22-10-13-24-25(18-22)37-17-16-36-24/h3-13,18,27,33H,14-17,19H2,1-2H3/b28-26+. The molecule has 196 valence electrons. The van der Waals surface area contributed by atoms with Gasteiger partial charge in [0, 0.05) is 18.7 Å². The molecule has 0 radical (unpaired) electrons. The summed E-state index contributed by atoms with van der Waals surface area (Å²) >= 11 is 0. The third kappa shape index (κ3) is 5.21. The summed E-state index contributed by atoms with van der Waals surface area (Å²) in [6.07, 6.45) is 0. The van der Waals surface area contributed by atoms with Crippen molar-refractivity contribution in [1.29, 1.82) is 0 Å². The van der Waals surface area contributed by atoms with Gasteiger partial charge in [-0.1, -0.05) is 42.5 Å². The lowest BCUT2D eigenvalue weighted by molar-refractivity contribution is -0.140. The van der Waals surface area contributed by atoms with Crippen LogP contribution in [0.2, 0.25) is 0 Å². The van der Waals surface area contributed by atoms with Crippen molar-refractivity contribution in [1.82, 2.24) is 9.80 Å². The van der Waals surface area contributed by atoms with Crippen LogP contribution in [0.1, 0.15) is 22.7 Å². The third-order valence-electron chi connectivity index (χ3n) is 6.59. The Morgan fingerprint density at radius 2 is 1.68 bits per heavy atom. The van der Waals surface area contributed by atoms with Crippen LogP contribution in [-0.2, 0) is 16.2 Å². The van der Waals surface area contributed by atoms with E-state index in [4.69, 9.17) is 14.2 Å².